The second kappa shape index (κ2) is 13.1. The zero-order valence-electron chi connectivity index (χ0n) is 20.8. The molecule has 1 saturated heterocycles. The number of pyridine rings is 1. The molecule has 0 unspecified atom stereocenters. The van der Waals surface area contributed by atoms with Crippen LogP contribution >= 0.6 is 0 Å². The van der Waals surface area contributed by atoms with Crippen LogP contribution in [0.15, 0.2) is 89.3 Å². The van der Waals surface area contributed by atoms with E-state index in [-0.39, 0.29) is 24.1 Å². The molecular formula is C27H29N7O4. The van der Waals surface area contributed by atoms with E-state index < -0.39 is 5.91 Å². The summed E-state index contributed by atoms with van der Waals surface area (Å²) in [5.41, 5.74) is 7.32. The number of nitrogens with one attached hydrogen (secondary N) is 2. The number of carbonyl (C=O) groups is 2. The SMILES string of the molecule is C=C(CN1CCOCC1)Oc1ccccc1/N=N/c1ccc(NC(=O)CNC(=O)c2ccccc2)nc1N. The summed E-state index contributed by atoms with van der Waals surface area (Å²) >= 11 is 0. The van der Waals surface area contributed by atoms with Gasteiger partial charge >= 0.3 is 0 Å². The largest absolute Gasteiger partial charge is 0.459 e. The smallest absolute Gasteiger partial charge is 0.251 e. The van der Waals surface area contributed by atoms with E-state index in [1.165, 1.54) is 0 Å². The number of hydrogen-bond acceptors (Lipinski definition) is 9. The van der Waals surface area contributed by atoms with Gasteiger partial charge in [-0.3, -0.25) is 14.5 Å². The number of nitrogens with zero attached hydrogens (tertiary/aromatic N) is 4. The number of azo groups is 1. The maximum absolute atomic E-state index is 12.2. The van der Waals surface area contributed by atoms with Crippen LogP contribution in [0.4, 0.5) is 23.0 Å². The van der Waals surface area contributed by atoms with E-state index >= 15 is 0 Å². The molecule has 11 nitrogen and oxygen atoms in total. The minimum absolute atomic E-state index is 0.0787. The fourth-order valence-electron chi connectivity index (χ4n) is 3.59. The fraction of sp³-hybridized carbons (Fsp3) is 0.222. The van der Waals surface area contributed by atoms with Crippen LogP contribution in [-0.4, -0.2) is 61.1 Å². The molecule has 196 valence electrons. The van der Waals surface area contributed by atoms with Crippen LogP contribution in [0.5, 0.6) is 5.75 Å². The van der Waals surface area contributed by atoms with Crippen molar-refractivity contribution >= 4 is 34.8 Å². The zero-order chi connectivity index (χ0) is 26.7. The molecule has 0 spiro atoms. The van der Waals surface area contributed by atoms with Gasteiger partial charge in [0.1, 0.15) is 23.0 Å². The first-order valence-electron chi connectivity index (χ1n) is 12.0. The number of para-hydroxylation sites is 1. The number of nitrogen functional groups attached to an aromatic ring is 1. The van der Waals surface area contributed by atoms with Crippen LogP contribution in [0, 0.1) is 0 Å². The number of amides is 2. The second-order valence-electron chi connectivity index (χ2n) is 8.39. The zero-order valence-corrected chi connectivity index (χ0v) is 20.8. The second-order valence-corrected chi connectivity index (χ2v) is 8.39. The van der Waals surface area contributed by atoms with E-state index in [0.29, 0.717) is 48.2 Å². The van der Waals surface area contributed by atoms with E-state index in [1.807, 2.05) is 12.1 Å². The number of hydrogen-bond donors (Lipinski definition) is 3. The van der Waals surface area contributed by atoms with Crippen molar-refractivity contribution < 1.29 is 19.1 Å². The first-order valence-corrected chi connectivity index (χ1v) is 12.0. The van der Waals surface area contributed by atoms with Crippen LogP contribution in [0.2, 0.25) is 0 Å². The molecule has 1 aliphatic rings. The predicted octanol–water partition coefficient (Wildman–Crippen LogP) is 3.67. The Kier molecular flexibility index (Phi) is 9.11. The van der Waals surface area contributed by atoms with Crippen LogP contribution in [0.1, 0.15) is 10.4 Å². The molecule has 2 aromatic carbocycles. The number of rotatable bonds is 10. The summed E-state index contributed by atoms with van der Waals surface area (Å²) in [6.07, 6.45) is 0. The van der Waals surface area contributed by atoms with Gasteiger partial charge in [-0.05, 0) is 36.4 Å². The first kappa shape index (κ1) is 26.5. The summed E-state index contributed by atoms with van der Waals surface area (Å²) in [5.74, 6) is 0.619. The van der Waals surface area contributed by atoms with Crippen molar-refractivity contribution in [1.29, 1.82) is 0 Å². The standard InChI is InChI=1S/C27H29N7O4/c1-19(18-34-13-15-37-16-14-34)38-23-10-6-5-9-21(23)32-33-22-11-12-24(31-26(22)28)30-25(35)17-29-27(36)20-7-3-2-4-8-20/h2-12H,1,13-18H2,(H,29,36)(H3,28,30,31,35)/b33-32+. The maximum Gasteiger partial charge on any atom is 0.251 e. The Bertz CT molecular complexity index is 1310. The summed E-state index contributed by atoms with van der Waals surface area (Å²) in [5, 5.41) is 13.6. The van der Waals surface area contributed by atoms with Gasteiger partial charge in [0.05, 0.1) is 26.3 Å². The van der Waals surface area contributed by atoms with Crippen molar-refractivity contribution in [2.45, 2.75) is 0 Å². The van der Waals surface area contributed by atoms with E-state index in [1.54, 1.807) is 54.6 Å². The molecule has 1 aliphatic heterocycles. The molecule has 2 heterocycles. The van der Waals surface area contributed by atoms with Gasteiger partial charge in [0.15, 0.2) is 11.6 Å². The Hall–Kier alpha value is -4.61. The van der Waals surface area contributed by atoms with Crippen LogP contribution in [0.3, 0.4) is 0 Å². The number of aromatic nitrogens is 1. The van der Waals surface area contributed by atoms with E-state index in [4.69, 9.17) is 15.2 Å². The lowest BCUT2D eigenvalue weighted by Crippen LogP contribution is -2.37. The highest BCUT2D eigenvalue weighted by molar-refractivity contribution is 5.99. The number of benzene rings is 2. The fourth-order valence-corrected chi connectivity index (χ4v) is 3.59. The Balaban J connectivity index is 1.32. The molecule has 0 atom stereocenters. The van der Waals surface area contributed by atoms with Gasteiger partial charge in [-0.25, -0.2) is 4.98 Å². The lowest BCUT2D eigenvalue weighted by molar-refractivity contribution is -0.115. The van der Waals surface area contributed by atoms with E-state index in [9.17, 15) is 9.59 Å². The quantitative estimate of drug-likeness (QED) is 0.276. The Morgan fingerprint density at radius 2 is 1.71 bits per heavy atom. The van der Waals surface area contributed by atoms with E-state index in [0.717, 1.165) is 13.1 Å². The predicted molar refractivity (Wildman–Crippen MR) is 144 cm³/mol. The number of ether oxygens (including phenoxy) is 2. The van der Waals surface area contributed by atoms with Gasteiger partial charge in [-0.15, -0.1) is 10.2 Å². The number of carbonyl (C=O) groups excluding carboxylic acids is 2. The van der Waals surface area contributed by atoms with Crippen LogP contribution in [-0.2, 0) is 9.53 Å². The van der Waals surface area contributed by atoms with E-state index in [2.05, 4.69) is 37.3 Å². The first-order chi connectivity index (χ1) is 18.5. The lowest BCUT2D eigenvalue weighted by Gasteiger charge is -2.27. The Labute approximate surface area is 220 Å². The van der Waals surface area contributed by atoms with Crippen molar-refractivity contribution in [2.75, 3.05) is 50.4 Å². The highest BCUT2D eigenvalue weighted by Gasteiger charge is 2.14. The summed E-state index contributed by atoms with van der Waals surface area (Å²) in [4.78, 5) is 30.7. The molecule has 1 aromatic heterocycles. The minimum Gasteiger partial charge on any atom is -0.459 e. The third-order valence-electron chi connectivity index (χ3n) is 5.50. The van der Waals surface area contributed by atoms with Crippen molar-refractivity contribution in [3.05, 3.63) is 84.6 Å². The molecule has 0 saturated carbocycles. The normalized spacial score (nSPS) is 13.7. The molecule has 4 N–H and O–H groups in total. The summed E-state index contributed by atoms with van der Waals surface area (Å²) in [7, 11) is 0. The molecule has 38 heavy (non-hydrogen) atoms. The molecular weight excluding hydrogens is 486 g/mol. The van der Waals surface area contributed by atoms with Crippen LogP contribution < -0.4 is 21.1 Å². The Morgan fingerprint density at radius 3 is 2.47 bits per heavy atom. The van der Waals surface area contributed by atoms with Gasteiger partial charge in [0.25, 0.3) is 5.91 Å². The average Bonchev–Trinajstić information content (AvgIpc) is 2.93. The maximum atomic E-state index is 12.2. The third-order valence-corrected chi connectivity index (χ3v) is 5.50. The minimum atomic E-state index is -0.445. The monoisotopic (exact) mass is 515 g/mol. The summed E-state index contributed by atoms with van der Waals surface area (Å²) < 4.78 is 11.3. The number of morpholine rings is 1. The molecule has 2 amide bonds. The molecule has 3 aromatic rings. The van der Waals surface area contributed by atoms with Gasteiger partial charge in [0, 0.05) is 18.7 Å². The van der Waals surface area contributed by atoms with Gasteiger partial charge < -0.3 is 25.8 Å². The molecule has 11 heteroatoms. The lowest BCUT2D eigenvalue weighted by atomic mass is 10.2. The number of anilines is 2. The topological polar surface area (TPSA) is 144 Å². The molecule has 4 rings (SSSR count). The highest BCUT2D eigenvalue weighted by atomic mass is 16.5. The third kappa shape index (κ3) is 7.69. The molecule has 0 radical (unpaired) electrons. The van der Waals surface area contributed by atoms with Crippen LogP contribution in [0.25, 0.3) is 0 Å². The summed E-state index contributed by atoms with van der Waals surface area (Å²) in [6, 6.07) is 19.0. The van der Waals surface area contributed by atoms with Gasteiger partial charge in [-0.1, -0.05) is 36.9 Å². The number of nitrogens with two attached hydrogens (primary N) is 1. The van der Waals surface area contributed by atoms with Crippen molar-refractivity contribution in [1.82, 2.24) is 15.2 Å². The van der Waals surface area contributed by atoms with Crippen molar-refractivity contribution in [3.63, 3.8) is 0 Å². The average molecular weight is 516 g/mol. The summed E-state index contributed by atoms with van der Waals surface area (Å²) in [6.45, 7) is 7.45. The molecule has 0 aliphatic carbocycles. The van der Waals surface area contributed by atoms with Crippen molar-refractivity contribution in [2.24, 2.45) is 10.2 Å². The Morgan fingerprint density at radius 1 is 1.00 bits per heavy atom. The van der Waals surface area contributed by atoms with Crippen molar-refractivity contribution in [3.8, 4) is 5.75 Å². The molecule has 1 fully saturated rings. The highest BCUT2D eigenvalue weighted by Crippen LogP contribution is 2.31. The van der Waals surface area contributed by atoms with Gasteiger partial charge in [-0.2, -0.15) is 0 Å². The van der Waals surface area contributed by atoms with Gasteiger partial charge in [0.2, 0.25) is 5.91 Å². The molecule has 0 bridgehead atoms.